The van der Waals surface area contributed by atoms with Gasteiger partial charge in [-0.1, -0.05) is 17.9 Å². The molecule has 62 valence electrons. The lowest BCUT2D eigenvalue weighted by molar-refractivity contribution is 0.143. The third-order valence-corrected chi connectivity index (χ3v) is 0.901. The maximum atomic E-state index is 9.13. The summed E-state index contributed by atoms with van der Waals surface area (Å²) in [7, 11) is 0. The van der Waals surface area contributed by atoms with Crippen LogP contribution in [-0.2, 0) is 0 Å². The highest BCUT2D eigenvalue weighted by Crippen LogP contribution is 1.97. The van der Waals surface area contributed by atoms with Gasteiger partial charge in [-0.3, -0.25) is 0 Å². The first-order chi connectivity index (χ1) is 4.95. The number of hydrogen-bond donors (Lipinski definition) is 2. The number of rotatable bonds is 1. The molecule has 0 rings (SSSR count). The molecule has 0 spiro atoms. The zero-order chi connectivity index (χ0) is 8.91. The fraction of sp³-hybridized carbons (Fsp3) is 0.556. The van der Waals surface area contributed by atoms with E-state index in [0.29, 0.717) is 0 Å². The van der Waals surface area contributed by atoms with E-state index in [1.165, 1.54) is 0 Å². The fourth-order valence-electron chi connectivity index (χ4n) is 0.481. The molecule has 0 amide bonds. The Balaban J connectivity index is 4.08. The molecular weight excluding hydrogens is 140 g/mol. The van der Waals surface area contributed by atoms with E-state index in [0.717, 1.165) is 0 Å². The summed E-state index contributed by atoms with van der Waals surface area (Å²) in [6.45, 7) is 4.94. The second-order valence-corrected chi connectivity index (χ2v) is 2.80. The summed E-state index contributed by atoms with van der Waals surface area (Å²) < 4.78 is 0. The van der Waals surface area contributed by atoms with Gasteiger partial charge in [0.15, 0.2) is 0 Å². The topological polar surface area (TPSA) is 40.5 Å². The molecule has 0 saturated carbocycles. The van der Waals surface area contributed by atoms with Crippen molar-refractivity contribution in [3.05, 3.63) is 12.2 Å². The van der Waals surface area contributed by atoms with E-state index >= 15 is 0 Å². The monoisotopic (exact) mass is 154 g/mol. The molecule has 0 heterocycles. The van der Waals surface area contributed by atoms with Crippen LogP contribution in [0.4, 0.5) is 0 Å². The minimum Gasteiger partial charge on any atom is -0.378 e. The molecule has 11 heavy (non-hydrogen) atoms. The Labute approximate surface area is 67.6 Å². The van der Waals surface area contributed by atoms with Gasteiger partial charge in [-0.2, -0.15) is 0 Å². The van der Waals surface area contributed by atoms with Crippen LogP contribution in [0.5, 0.6) is 0 Å². The highest BCUT2D eigenvalue weighted by Gasteiger charge is 2.05. The largest absolute Gasteiger partial charge is 0.378 e. The molecule has 1 unspecified atom stereocenters. The van der Waals surface area contributed by atoms with E-state index in [4.69, 9.17) is 10.2 Å². The van der Waals surface area contributed by atoms with E-state index in [9.17, 15) is 0 Å². The molecule has 0 aromatic carbocycles. The second-order valence-electron chi connectivity index (χ2n) is 2.80. The number of allylic oxidation sites excluding steroid dienone is 1. The average molecular weight is 154 g/mol. The van der Waals surface area contributed by atoms with Crippen molar-refractivity contribution in [1.82, 2.24) is 0 Å². The molecule has 0 saturated heterocycles. The van der Waals surface area contributed by atoms with Crippen LogP contribution in [0, 0.1) is 11.8 Å². The first-order valence-corrected chi connectivity index (χ1v) is 3.51. The summed E-state index contributed by atoms with van der Waals surface area (Å²) in [5.41, 5.74) is -1.03. The number of aliphatic hydroxyl groups is 2. The second kappa shape index (κ2) is 4.17. The lowest BCUT2D eigenvalue weighted by Crippen LogP contribution is -2.15. The van der Waals surface area contributed by atoms with E-state index in [1.807, 2.05) is 0 Å². The molecule has 0 radical (unpaired) electrons. The van der Waals surface area contributed by atoms with Gasteiger partial charge in [0.25, 0.3) is 0 Å². The van der Waals surface area contributed by atoms with Crippen molar-refractivity contribution in [1.29, 1.82) is 0 Å². The molecule has 2 nitrogen and oxygen atoms in total. The Hall–Kier alpha value is -0.780. The van der Waals surface area contributed by atoms with Gasteiger partial charge in [0.1, 0.15) is 11.7 Å². The van der Waals surface area contributed by atoms with Crippen molar-refractivity contribution in [3.8, 4) is 11.8 Å². The van der Waals surface area contributed by atoms with Gasteiger partial charge >= 0.3 is 0 Å². The summed E-state index contributed by atoms with van der Waals surface area (Å²) in [5.74, 6) is 5.00. The molecular formula is C9H14O2. The average Bonchev–Trinajstić information content (AvgIpc) is 1.83. The Bertz CT molecular complexity index is 188. The van der Waals surface area contributed by atoms with E-state index < -0.39 is 11.7 Å². The Morgan fingerprint density at radius 3 is 2.36 bits per heavy atom. The van der Waals surface area contributed by atoms with Crippen LogP contribution in [0.3, 0.4) is 0 Å². The van der Waals surface area contributed by atoms with Crippen LogP contribution in [0.1, 0.15) is 20.8 Å². The van der Waals surface area contributed by atoms with Crippen molar-refractivity contribution in [3.63, 3.8) is 0 Å². The van der Waals surface area contributed by atoms with Crippen molar-refractivity contribution < 1.29 is 10.2 Å². The maximum Gasteiger partial charge on any atom is 0.133 e. The zero-order valence-electron chi connectivity index (χ0n) is 7.13. The standard InChI is InChI=1S/C9H14O2/c1-4-5-8(10)6-7-9(2,3)11/h4-5,8,10-11H,1-3H3/b5-4+. The summed E-state index contributed by atoms with van der Waals surface area (Å²) >= 11 is 0. The van der Waals surface area contributed by atoms with Crippen LogP contribution < -0.4 is 0 Å². The quantitative estimate of drug-likeness (QED) is 0.431. The van der Waals surface area contributed by atoms with Gasteiger partial charge in [0, 0.05) is 0 Å². The van der Waals surface area contributed by atoms with E-state index in [-0.39, 0.29) is 0 Å². The lowest BCUT2D eigenvalue weighted by Gasteiger charge is -2.06. The van der Waals surface area contributed by atoms with Gasteiger partial charge in [-0.05, 0) is 26.8 Å². The minimum absolute atomic E-state index is 0.772. The van der Waals surface area contributed by atoms with E-state index in [2.05, 4.69) is 11.8 Å². The summed E-state index contributed by atoms with van der Waals surface area (Å²) in [4.78, 5) is 0. The lowest BCUT2D eigenvalue weighted by atomic mass is 10.1. The summed E-state index contributed by atoms with van der Waals surface area (Å²) in [5, 5.41) is 18.2. The van der Waals surface area contributed by atoms with Gasteiger partial charge in [0.2, 0.25) is 0 Å². The SMILES string of the molecule is C/C=C/C(O)C#CC(C)(C)O. The van der Waals surface area contributed by atoms with Gasteiger partial charge in [-0.15, -0.1) is 0 Å². The van der Waals surface area contributed by atoms with Crippen molar-refractivity contribution in [2.24, 2.45) is 0 Å². The minimum atomic E-state index is -1.03. The van der Waals surface area contributed by atoms with Crippen LogP contribution >= 0.6 is 0 Å². The van der Waals surface area contributed by atoms with Crippen LogP contribution in [0.25, 0.3) is 0 Å². The normalized spacial score (nSPS) is 14.3. The molecule has 0 bridgehead atoms. The number of hydrogen-bond acceptors (Lipinski definition) is 2. The third kappa shape index (κ3) is 7.11. The van der Waals surface area contributed by atoms with Gasteiger partial charge in [0.05, 0.1) is 0 Å². The highest BCUT2D eigenvalue weighted by atomic mass is 16.3. The van der Waals surface area contributed by atoms with Crippen molar-refractivity contribution in [2.75, 3.05) is 0 Å². The smallest absolute Gasteiger partial charge is 0.133 e. The molecule has 0 aliphatic carbocycles. The van der Waals surface area contributed by atoms with Crippen LogP contribution in [0.15, 0.2) is 12.2 Å². The highest BCUT2D eigenvalue weighted by molar-refractivity contribution is 5.17. The summed E-state index contributed by atoms with van der Waals surface area (Å²) in [6, 6.07) is 0. The van der Waals surface area contributed by atoms with Crippen molar-refractivity contribution >= 4 is 0 Å². The molecule has 2 heteroatoms. The van der Waals surface area contributed by atoms with Gasteiger partial charge < -0.3 is 10.2 Å². The fourth-order valence-corrected chi connectivity index (χ4v) is 0.481. The molecule has 0 aliphatic rings. The molecule has 0 fully saturated rings. The van der Waals surface area contributed by atoms with Gasteiger partial charge in [-0.25, -0.2) is 0 Å². The zero-order valence-corrected chi connectivity index (χ0v) is 7.13. The third-order valence-electron chi connectivity index (χ3n) is 0.901. The summed E-state index contributed by atoms with van der Waals surface area (Å²) in [6.07, 6.45) is 2.49. The first-order valence-electron chi connectivity index (χ1n) is 3.51. The predicted molar refractivity (Wildman–Crippen MR) is 44.9 cm³/mol. The Morgan fingerprint density at radius 2 is 2.00 bits per heavy atom. The Morgan fingerprint density at radius 1 is 1.45 bits per heavy atom. The Kier molecular flexibility index (Phi) is 3.88. The van der Waals surface area contributed by atoms with Crippen LogP contribution in [-0.4, -0.2) is 21.9 Å². The molecule has 1 atom stereocenters. The molecule has 0 aliphatic heterocycles. The number of aliphatic hydroxyl groups excluding tert-OH is 1. The van der Waals surface area contributed by atoms with E-state index in [1.54, 1.807) is 32.9 Å². The molecule has 2 N–H and O–H groups in total. The maximum absolute atomic E-state index is 9.13. The predicted octanol–water partition coefficient (Wildman–Crippen LogP) is 0.698. The first kappa shape index (κ1) is 10.2. The molecule has 0 aromatic heterocycles. The van der Waals surface area contributed by atoms with Crippen molar-refractivity contribution in [2.45, 2.75) is 32.5 Å². The van der Waals surface area contributed by atoms with Crippen LogP contribution in [0.2, 0.25) is 0 Å². The molecule has 0 aromatic rings.